The summed E-state index contributed by atoms with van der Waals surface area (Å²) in [7, 11) is 0. The van der Waals surface area contributed by atoms with Crippen molar-refractivity contribution in [2.45, 2.75) is 0 Å². The maximum Gasteiger partial charge on any atom is 0.0541 e. The molecule has 0 saturated heterocycles. The highest BCUT2D eigenvalue weighted by Crippen LogP contribution is 2.40. The maximum atomic E-state index is 6.44. The average molecular weight is 847 g/mol. The Morgan fingerprint density at radius 2 is 0.682 bits per heavy atom. The van der Waals surface area contributed by atoms with Gasteiger partial charge in [-0.15, -0.1) is 0 Å². The number of hydrogen-bond donors (Lipinski definition) is 2. The largest absolute Gasteiger partial charge is 0.398 e. The van der Waals surface area contributed by atoms with Crippen molar-refractivity contribution in [3.8, 4) is 33.6 Å². The lowest BCUT2D eigenvalue weighted by Gasteiger charge is -2.16. The number of nitrogen functional groups attached to an aromatic ring is 1. The van der Waals surface area contributed by atoms with Gasteiger partial charge in [-0.25, -0.2) is 0 Å². The first-order chi connectivity index (χ1) is 32.7. The topological polar surface area (TPSA) is 47.9 Å². The number of para-hydroxylation sites is 4. The normalized spacial score (nSPS) is 11.3. The Labute approximate surface area is 384 Å². The Balaban J connectivity index is 0.000000157. The summed E-state index contributed by atoms with van der Waals surface area (Å²) in [6.45, 7) is 0. The second-order valence-corrected chi connectivity index (χ2v) is 16.4. The van der Waals surface area contributed by atoms with E-state index in [1.54, 1.807) is 0 Å². The van der Waals surface area contributed by atoms with E-state index in [-0.39, 0.29) is 0 Å². The van der Waals surface area contributed by atoms with Crippen LogP contribution < -0.4 is 11.1 Å². The second kappa shape index (κ2) is 17.7. The molecule has 0 aliphatic heterocycles. The molecule has 0 unspecified atom stereocenters. The van der Waals surface area contributed by atoms with E-state index in [2.05, 4.69) is 251 Å². The molecule has 0 spiro atoms. The van der Waals surface area contributed by atoms with E-state index in [1.807, 2.05) is 24.3 Å². The smallest absolute Gasteiger partial charge is 0.0541 e. The van der Waals surface area contributed by atoms with Crippen molar-refractivity contribution in [2.24, 2.45) is 0 Å². The lowest BCUT2D eigenvalue weighted by atomic mass is 9.89. The van der Waals surface area contributed by atoms with Crippen molar-refractivity contribution >= 4 is 72.8 Å². The molecule has 0 fully saturated rings. The molecule has 0 aliphatic carbocycles. The van der Waals surface area contributed by atoms with Gasteiger partial charge in [-0.2, -0.15) is 0 Å². The van der Waals surface area contributed by atoms with Gasteiger partial charge in [-0.3, -0.25) is 0 Å². The van der Waals surface area contributed by atoms with Gasteiger partial charge in [0.05, 0.1) is 22.1 Å². The second-order valence-electron chi connectivity index (χ2n) is 16.4. The Morgan fingerprint density at radius 3 is 1.11 bits per heavy atom. The van der Waals surface area contributed by atoms with Crippen LogP contribution in [0.1, 0.15) is 11.1 Å². The van der Waals surface area contributed by atoms with E-state index in [9.17, 15) is 0 Å². The van der Waals surface area contributed by atoms with Crippen LogP contribution in [-0.4, -0.2) is 9.13 Å². The lowest BCUT2D eigenvalue weighted by molar-refractivity contribution is 1.18. The van der Waals surface area contributed by atoms with Crippen LogP contribution in [0.5, 0.6) is 0 Å². The van der Waals surface area contributed by atoms with Crippen LogP contribution in [-0.2, 0) is 0 Å². The molecular weight excluding hydrogens is 801 g/mol. The van der Waals surface area contributed by atoms with Crippen molar-refractivity contribution < 1.29 is 0 Å². The minimum absolute atomic E-state index is 0.789. The number of rotatable bonds is 8. The monoisotopic (exact) mass is 846 g/mol. The third-order valence-corrected chi connectivity index (χ3v) is 12.3. The van der Waals surface area contributed by atoms with Gasteiger partial charge in [0, 0.05) is 55.5 Å². The van der Waals surface area contributed by atoms with Crippen LogP contribution in [0.3, 0.4) is 0 Å². The minimum Gasteiger partial charge on any atom is -0.398 e. The summed E-state index contributed by atoms with van der Waals surface area (Å²) < 4.78 is 4.68. The van der Waals surface area contributed by atoms with Crippen LogP contribution in [0.15, 0.2) is 249 Å². The molecule has 0 bridgehead atoms. The zero-order chi connectivity index (χ0) is 44.2. The predicted molar refractivity (Wildman–Crippen MR) is 282 cm³/mol. The summed E-state index contributed by atoms with van der Waals surface area (Å²) in [4.78, 5) is 0. The number of fused-ring (bicyclic) bond motifs is 6. The third-order valence-electron chi connectivity index (χ3n) is 12.3. The van der Waals surface area contributed by atoms with Gasteiger partial charge in [-0.05, 0) is 107 Å². The Bertz CT molecular complexity index is 3380. The number of nitrogens with two attached hydrogens (primary N) is 1. The standard InChI is InChI=1S/C36H25N3.C26H21N/c1-5-13-33-29(9-1)30-10-2-6-14-34(30)38(33)27-21-17-25(18-22-27)37-26-19-23-28(24-20-26)39-35-15-7-3-11-31(35)32-12-4-8-16-36(32)39;27-24-19-18-23(17-16-20-10-4-1-5-11-20)25(21-12-6-2-7-13-21)26(24)22-14-8-3-9-15-22/h1-24,37H;1-19H,27H2. The van der Waals surface area contributed by atoms with Crippen molar-refractivity contribution in [3.05, 3.63) is 260 Å². The average Bonchev–Trinajstić information content (AvgIpc) is 3.91. The Kier molecular flexibility index (Phi) is 10.7. The van der Waals surface area contributed by atoms with Gasteiger partial charge in [-0.1, -0.05) is 182 Å². The third kappa shape index (κ3) is 7.67. The van der Waals surface area contributed by atoms with Crippen molar-refractivity contribution in [2.75, 3.05) is 11.1 Å². The zero-order valence-corrected chi connectivity index (χ0v) is 36.3. The van der Waals surface area contributed by atoms with Gasteiger partial charge in [0.25, 0.3) is 0 Å². The summed E-state index contributed by atoms with van der Waals surface area (Å²) in [6.07, 6.45) is 4.32. The molecule has 12 aromatic rings. The van der Waals surface area contributed by atoms with E-state index in [1.165, 1.54) is 49.2 Å². The van der Waals surface area contributed by atoms with Gasteiger partial charge in [0.1, 0.15) is 0 Å². The molecule has 4 nitrogen and oxygen atoms in total. The molecule has 3 N–H and O–H groups in total. The first kappa shape index (κ1) is 40.0. The fourth-order valence-corrected chi connectivity index (χ4v) is 9.31. The number of nitrogens with one attached hydrogen (secondary N) is 1. The van der Waals surface area contributed by atoms with Crippen LogP contribution in [0.4, 0.5) is 17.1 Å². The zero-order valence-electron chi connectivity index (χ0n) is 36.3. The van der Waals surface area contributed by atoms with Crippen LogP contribution in [0, 0.1) is 0 Å². The highest BCUT2D eigenvalue weighted by atomic mass is 15.0. The van der Waals surface area contributed by atoms with Crippen molar-refractivity contribution in [1.82, 2.24) is 9.13 Å². The molecule has 0 atom stereocenters. The summed E-state index contributed by atoms with van der Waals surface area (Å²) in [6, 6.07) is 87.1. The lowest BCUT2D eigenvalue weighted by Crippen LogP contribution is -1.96. The van der Waals surface area contributed by atoms with E-state index >= 15 is 0 Å². The fraction of sp³-hybridized carbons (Fsp3) is 0. The molecule has 314 valence electrons. The molecule has 0 saturated carbocycles. The Morgan fingerprint density at radius 1 is 0.318 bits per heavy atom. The highest BCUT2D eigenvalue weighted by molar-refractivity contribution is 6.10. The quantitative estimate of drug-likeness (QED) is 0.118. The number of nitrogens with zero attached hydrogens (tertiary/aromatic N) is 2. The summed E-state index contributed by atoms with van der Waals surface area (Å²) in [5.74, 6) is 0. The first-order valence-corrected chi connectivity index (χ1v) is 22.4. The van der Waals surface area contributed by atoms with Crippen LogP contribution in [0.2, 0.25) is 0 Å². The highest BCUT2D eigenvalue weighted by Gasteiger charge is 2.16. The Hall–Kier alpha value is -8.86. The van der Waals surface area contributed by atoms with Crippen LogP contribution >= 0.6 is 0 Å². The summed E-state index contributed by atoms with van der Waals surface area (Å²) >= 11 is 0. The summed E-state index contributed by atoms with van der Waals surface area (Å²) in [5.41, 5.74) is 23.4. The van der Waals surface area contributed by atoms with Crippen molar-refractivity contribution in [1.29, 1.82) is 0 Å². The number of hydrogen-bond acceptors (Lipinski definition) is 2. The van der Waals surface area contributed by atoms with E-state index in [0.29, 0.717) is 0 Å². The molecule has 66 heavy (non-hydrogen) atoms. The summed E-state index contributed by atoms with van der Waals surface area (Å²) in [5, 5.41) is 8.69. The number of benzene rings is 10. The van der Waals surface area contributed by atoms with Gasteiger partial charge < -0.3 is 20.2 Å². The number of anilines is 3. The van der Waals surface area contributed by atoms with Gasteiger partial charge in [0.15, 0.2) is 0 Å². The molecule has 2 aromatic heterocycles. The van der Waals surface area contributed by atoms with Crippen LogP contribution in [0.25, 0.3) is 89.4 Å². The predicted octanol–water partition coefficient (Wildman–Crippen LogP) is 16.4. The first-order valence-electron chi connectivity index (χ1n) is 22.4. The van der Waals surface area contributed by atoms with Gasteiger partial charge >= 0.3 is 0 Å². The minimum atomic E-state index is 0.789. The molecule has 12 rings (SSSR count). The molecule has 0 aliphatic rings. The molecule has 0 radical (unpaired) electrons. The van der Waals surface area contributed by atoms with E-state index in [0.717, 1.165) is 56.3 Å². The SMILES string of the molecule is Nc1ccc(C=Cc2ccccc2)c(-c2ccccc2)c1-c1ccccc1.c1ccc2c(c1)c1ccccc1n2-c1ccc(Nc2ccc(-n3c4ccccc4c4ccccc43)cc2)cc1. The number of aromatic nitrogens is 2. The maximum absolute atomic E-state index is 6.44. The van der Waals surface area contributed by atoms with E-state index < -0.39 is 0 Å². The molecule has 10 aromatic carbocycles. The van der Waals surface area contributed by atoms with Gasteiger partial charge in [0.2, 0.25) is 0 Å². The molecular formula is C62H46N4. The molecule has 2 heterocycles. The fourth-order valence-electron chi connectivity index (χ4n) is 9.31. The molecule has 0 amide bonds. The van der Waals surface area contributed by atoms with Crippen molar-refractivity contribution in [3.63, 3.8) is 0 Å². The van der Waals surface area contributed by atoms with E-state index in [4.69, 9.17) is 5.73 Å². The molecule has 4 heteroatoms.